The summed E-state index contributed by atoms with van der Waals surface area (Å²) in [6.45, 7) is 1.92. The normalized spacial score (nSPS) is 12.3. The van der Waals surface area contributed by atoms with Crippen molar-refractivity contribution in [3.05, 3.63) is 62.7 Å². The molecular weight excluding hydrogens is 445 g/mol. The van der Waals surface area contributed by atoms with Gasteiger partial charge in [-0.25, -0.2) is 9.66 Å². The molecule has 1 heterocycles. The molecule has 3 aromatic rings. The van der Waals surface area contributed by atoms with Crippen LogP contribution in [-0.4, -0.2) is 14.4 Å². The molecule has 0 aliphatic heterocycles. The molecule has 1 unspecified atom stereocenters. The largest absolute Gasteiger partial charge is 0.290 e. The van der Waals surface area contributed by atoms with E-state index in [0.717, 1.165) is 14.2 Å². The smallest absolute Gasteiger partial charge is 0.280 e. The van der Waals surface area contributed by atoms with Crippen molar-refractivity contribution in [2.24, 2.45) is 0 Å². The van der Waals surface area contributed by atoms with Crippen LogP contribution < -0.4 is 11.0 Å². The fourth-order valence-corrected chi connectivity index (χ4v) is 3.67. The summed E-state index contributed by atoms with van der Waals surface area (Å²) in [6.07, 6.45) is 1.50. The Kier molecular flexibility index (Phi) is 5.13. The molecule has 1 atom stereocenters. The first-order valence-corrected chi connectivity index (χ1v) is 9.27. The van der Waals surface area contributed by atoms with Gasteiger partial charge in [-0.3, -0.25) is 10.2 Å². The lowest BCUT2D eigenvalue weighted by Crippen LogP contribution is -2.26. The molecule has 0 bridgehead atoms. The molecule has 23 heavy (non-hydrogen) atoms. The highest BCUT2D eigenvalue weighted by atomic mass is 127. The van der Waals surface area contributed by atoms with Crippen LogP contribution in [0.5, 0.6) is 0 Å². The Morgan fingerprint density at radius 1 is 1.30 bits per heavy atom. The number of rotatable bonds is 4. The Balaban J connectivity index is 1.95. The second-order valence-corrected chi connectivity index (χ2v) is 8.45. The number of hydrogen-bond donors (Lipinski definition) is 1. The molecule has 7 heteroatoms. The van der Waals surface area contributed by atoms with Gasteiger partial charge in [0.25, 0.3) is 5.56 Å². The minimum Gasteiger partial charge on any atom is -0.290 e. The minimum atomic E-state index is -0.128. The molecule has 0 fully saturated rings. The van der Waals surface area contributed by atoms with Gasteiger partial charge in [0, 0.05) is 8.47 Å². The molecule has 0 spiro atoms. The van der Waals surface area contributed by atoms with E-state index in [1.54, 1.807) is 11.8 Å². The van der Waals surface area contributed by atoms with Crippen LogP contribution in [0.2, 0.25) is 0 Å². The number of halogens is 2. The molecule has 0 saturated heterocycles. The zero-order valence-corrected chi connectivity index (χ0v) is 15.9. The first-order chi connectivity index (χ1) is 11.0. The maximum Gasteiger partial charge on any atom is 0.280 e. The van der Waals surface area contributed by atoms with Crippen molar-refractivity contribution in [1.29, 1.82) is 0 Å². The number of hydrogen-bond acceptors (Lipinski definition) is 4. The minimum absolute atomic E-state index is 0.0163. The predicted octanol–water partition coefficient (Wildman–Crippen LogP) is 4.55. The van der Waals surface area contributed by atoms with Gasteiger partial charge in [-0.2, -0.15) is 0 Å². The summed E-state index contributed by atoms with van der Waals surface area (Å²) in [6, 6.07) is 13.4. The van der Waals surface area contributed by atoms with Crippen LogP contribution in [0.3, 0.4) is 0 Å². The topological polar surface area (TPSA) is 46.9 Å². The van der Waals surface area contributed by atoms with E-state index in [1.165, 1.54) is 11.0 Å². The van der Waals surface area contributed by atoms with Gasteiger partial charge in [-0.1, -0.05) is 6.07 Å². The molecule has 0 amide bonds. The van der Waals surface area contributed by atoms with E-state index in [9.17, 15) is 4.79 Å². The highest BCUT2D eigenvalue weighted by Gasteiger charge is 2.06. The first kappa shape index (κ1) is 16.6. The van der Waals surface area contributed by atoms with Crippen molar-refractivity contribution in [2.75, 3.05) is 5.43 Å². The molecule has 0 radical (unpaired) electrons. The summed E-state index contributed by atoms with van der Waals surface area (Å²) in [5.74, 6) is 0. The van der Waals surface area contributed by atoms with Crippen LogP contribution in [0.4, 0.5) is 5.69 Å². The van der Waals surface area contributed by atoms with E-state index in [2.05, 4.69) is 33.0 Å². The number of anilines is 1. The summed E-state index contributed by atoms with van der Waals surface area (Å²) >= 11 is 9.74. The van der Waals surface area contributed by atoms with E-state index in [4.69, 9.17) is 11.6 Å². The lowest BCUT2D eigenvalue weighted by atomic mass is 10.2. The fourth-order valence-electron chi connectivity index (χ4n) is 2.14. The van der Waals surface area contributed by atoms with Gasteiger partial charge in [-0.15, -0.1) is 23.4 Å². The van der Waals surface area contributed by atoms with Crippen LogP contribution in [0.15, 0.2) is 58.5 Å². The van der Waals surface area contributed by atoms with Crippen molar-refractivity contribution in [3.8, 4) is 0 Å². The monoisotopic (exact) mass is 457 g/mol. The molecule has 2 aromatic carbocycles. The zero-order valence-electron chi connectivity index (χ0n) is 12.2. The van der Waals surface area contributed by atoms with E-state index < -0.39 is 0 Å². The molecule has 3 rings (SSSR count). The van der Waals surface area contributed by atoms with Gasteiger partial charge in [0.15, 0.2) is 0 Å². The number of alkyl halides is 1. The van der Waals surface area contributed by atoms with Crippen LogP contribution in [0.1, 0.15) is 6.92 Å². The summed E-state index contributed by atoms with van der Waals surface area (Å²) in [7, 11) is 0. The van der Waals surface area contributed by atoms with E-state index in [-0.39, 0.29) is 10.3 Å². The summed E-state index contributed by atoms with van der Waals surface area (Å²) in [5.41, 5.74) is 4.45. The predicted molar refractivity (Wildman–Crippen MR) is 105 cm³/mol. The van der Waals surface area contributed by atoms with E-state index in [0.29, 0.717) is 10.9 Å². The molecule has 1 N–H and O–H groups in total. The molecular formula is C16H13ClIN3OS. The highest BCUT2D eigenvalue weighted by Crippen LogP contribution is 2.27. The molecule has 0 saturated carbocycles. The third-order valence-corrected chi connectivity index (χ3v) is 4.89. The van der Waals surface area contributed by atoms with E-state index >= 15 is 0 Å². The number of nitrogens with zero attached hydrogens (tertiary/aromatic N) is 2. The van der Waals surface area contributed by atoms with Crippen LogP contribution in [0, 0.1) is 3.57 Å². The number of benzene rings is 2. The third kappa shape index (κ3) is 3.99. The van der Waals surface area contributed by atoms with Crippen molar-refractivity contribution in [1.82, 2.24) is 9.66 Å². The van der Waals surface area contributed by atoms with Gasteiger partial charge in [-0.05, 0) is 65.9 Å². The Morgan fingerprint density at radius 3 is 2.91 bits per heavy atom. The van der Waals surface area contributed by atoms with E-state index in [1.807, 2.05) is 49.4 Å². The molecule has 0 aliphatic carbocycles. The van der Waals surface area contributed by atoms with Gasteiger partial charge >= 0.3 is 0 Å². The third-order valence-electron chi connectivity index (χ3n) is 3.10. The average Bonchev–Trinajstić information content (AvgIpc) is 2.50. The SMILES string of the molecule is CC(Cl)Sc1cccc(Nn2cnc3ccc(I)cc3c2=O)c1. The van der Waals surface area contributed by atoms with Crippen molar-refractivity contribution < 1.29 is 0 Å². The quantitative estimate of drug-likeness (QED) is 0.355. The van der Waals surface area contributed by atoms with Gasteiger partial charge in [0.05, 0.1) is 21.3 Å². The lowest BCUT2D eigenvalue weighted by molar-refractivity contribution is 0.879. The Bertz CT molecular complexity index is 913. The highest BCUT2D eigenvalue weighted by molar-refractivity contribution is 14.1. The van der Waals surface area contributed by atoms with Gasteiger partial charge in [0.2, 0.25) is 0 Å². The van der Waals surface area contributed by atoms with Crippen molar-refractivity contribution >= 4 is 62.5 Å². The molecule has 1 aromatic heterocycles. The first-order valence-electron chi connectivity index (χ1n) is 6.88. The standard InChI is InChI=1S/C16H13ClIN3OS/c1-10(17)23-13-4-2-3-12(8-13)20-21-9-19-15-6-5-11(18)7-14(15)16(21)22/h2-10,20H,1H3. The van der Waals surface area contributed by atoms with Crippen LogP contribution in [0.25, 0.3) is 10.9 Å². The Hall–Kier alpha value is -1.25. The van der Waals surface area contributed by atoms with Gasteiger partial charge in [0.1, 0.15) is 6.33 Å². The maximum atomic E-state index is 12.6. The molecule has 4 nitrogen and oxygen atoms in total. The van der Waals surface area contributed by atoms with Crippen molar-refractivity contribution in [2.45, 2.75) is 16.5 Å². The Morgan fingerprint density at radius 2 is 2.13 bits per heavy atom. The maximum absolute atomic E-state index is 12.6. The fraction of sp³-hybridized carbons (Fsp3) is 0.125. The summed E-state index contributed by atoms with van der Waals surface area (Å²) in [5, 5.41) is 0.590. The lowest BCUT2D eigenvalue weighted by Gasteiger charge is -2.11. The second kappa shape index (κ2) is 7.11. The number of aromatic nitrogens is 2. The number of thioether (sulfide) groups is 1. The molecule has 0 aliphatic rings. The van der Waals surface area contributed by atoms with Gasteiger partial charge < -0.3 is 0 Å². The summed E-state index contributed by atoms with van der Waals surface area (Å²) < 4.78 is 2.38. The zero-order chi connectivity index (χ0) is 16.4. The molecule has 118 valence electrons. The van der Waals surface area contributed by atoms with Crippen LogP contribution in [-0.2, 0) is 0 Å². The Labute approximate surface area is 156 Å². The summed E-state index contributed by atoms with van der Waals surface area (Å²) in [4.78, 5) is 17.9. The number of fused-ring (bicyclic) bond motifs is 1. The van der Waals surface area contributed by atoms with Crippen LogP contribution >= 0.6 is 46.0 Å². The number of nitrogens with one attached hydrogen (secondary N) is 1. The van der Waals surface area contributed by atoms with Crippen molar-refractivity contribution in [3.63, 3.8) is 0 Å². The second-order valence-electron chi connectivity index (χ2n) is 4.88. The average molecular weight is 458 g/mol.